The second-order valence-corrected chi connectivity index (χ2v) is 4.37. The SMILES string of the molecule is [CH2]CCCNC(=O)Cc1cccc2ccccc12. The lowest BCUT2D eigenvalue weighted by atomic mass is 10.0. The normalized spacial score (nSPS) is 10.5. The smallest absolute Gasteiger partial charge is 0.224 e. The van der Waals surface area contributed by atoms with Gasteiger partial charge in [-0.2, -0.15) is 0 Å². The van der Waals surface area contributed by atoms with E-state index in [0.717, 1.165) is 23.8 Å². The molecule has 0 fully saturated rings. The Morgan fingerprint density at radius 3 is 2.72 bits per heavy atom. The van der Waals surface area contributed by atoms with Crippen LogP contribution in [0.25, 0.3) is 10.8 Å². The van der Waals surface area contributed by atoms with E-state index in [2.05, 4.69) is 30.4 Å². The number of benzene rings is 2. The quantitative estimate of drug-likeness (QED) is 0.799. The van der Waals surface area contributed by atoms with Crippen LogP contribution < -0.4 is 5.32 Å². The van der Waals surface area contributed by atoms with E-state index >= 15 is 0 Å². The maximum Gasteiger partial charge on any atom is 0.224 e. The number of amides is 1. The van der Waals surface area contributed by atoms with Crippen LogP contribution in [0.3, 0.4) is 0 Å². The summed E-state index contributed by atoms with van der Waals surface area (Å²) in [6.07, 6.45) is 2.23. The average Bonchev–Trinajstić information content (AvgIpc) is 2.39. The fourth-order valence-electron chi connectivity index (χ4n) is 2.03. The minimum absolute atomic E-state index is 0.0832. The largest absolute Gasteiger partial charge is 0.356 e. The molecule has 1 radical (unpaired) electrons. The van der Waals surface area contributed by atoms with Gasteiger partial charge in [-0.25, -0.2) is 0 Å². The maximum absolute atomic E-state index is 11.8. The number of fused-ring (bicyclic) bond motifs is 1. The second-order valence-electron chi connectivity index (χ2n) is 4.37. The van der Waals surface area contributed by atoms with Crippen molar-refractivity contribution in [2.45, 2.75) is 19.3 Å². The van der Waals surface area contributed by atoms with Crippen molar-refractivity contribution in [1.82, 2.24) is 5.32 Å². The van der Waals surface area contributed by atoms with Gasteiger partial charge in [0.1, 0.15) is 0 Å². The predicted octanol–water partition coefficient (Wildman–Crippen LogP) is 3.11. The number of hydrogen-bond donors (Lipinski definition) is 1. The van der Waals surface area contributed by atoms with Crippen molar-refractivity contribution in [2.24, 2.45) is 0 Å². The summed E-state index contributed by atoms with van der Waals surface area (Å²) in [7, 11) is 0. The molecule has 2 heteroatoms. The standard InChI is InChI=1S/C16H18NO/c1-2-3-11-17-16(18)12-14-9-6-8-13-7-4-5-10-15(13)14/h4-10H,1-3,11-12H2,(H,17,18). The van der Waals surface area contributed by atoms with E-state index in [1.807, 2.05) is 24.3 Å². The molecule has 2 aromatic rings. The zero-order chi connectivity index (χ0) is 12.8. The van der Waals surface area contributed by atoms with Crippen molar-refractivity contribution < 1.29 is 4.79 Å². The van der Waals surface area contributed by atoms with Crippen molar-refractivity contribution in [1.29, 1.82) is 0 Å². The summed E-state index contributed by atoms with van der Waals surface area (Å²) in [6, 6.07) is 14.2. The number of nitrogens with one attached hydrogen (secondary N) is 1. The maximum atomic E-state index is 11.8. The van der Waals surface area contributed by atoms with Crippen molar-refractivity contribution in [3.63, 3.8) is 0 Å². The van der Waals surface area contributed by atoms with Crippen LogP contribution in [0, 0.1) is 6.92 Å². The van der Waals surface area contributed by atoms with Gasteiger partial charge in [-0.05, 0) is 22.8 Å². The lowest BCUT2D eigenvalue weighted by Crippen LogP contribution is -2.26. The third kappa shape index (κ3) is 3.10. The first-order chi connectivity index (χ1) is 8.81. The number of unbranched alkanes of at least 4 members (excludes halogenated alkanes) is 1. The molecule has 0 atom stereocenters. The molecule has 0 saturated carbocycles. The molecular weight excluding hydrogens is 222 g/mol. The number of carbonyl (C=O) groups is 1. The summed E-state index contributed by atoms with van der Waals surface area (Å²) in [5.74, 6) is 0.0832. The highest BCUT2D eigenvalue weighted by atomic mass is 16.1. The van der Waals surface area contributed by atoms with Gasteiger partial charge in [0.05, 0.1) is 6.42 Å². The highest BCUT2D eigenvalue weighted by Crippen LogP contribution is 2.18. The first-order valence-electron chi connectivity index (χ1n) is 6.34. The monoisotopic (exact) mass is 240 g/mol. The molecule has 2 aromatic carbocycles. The van der Waals surface area contributed by atoms with Crippen LogP contribution in [0.5, 0.6) is 0 Å². The molecule has 0 saturated heterocycles. The lowest BCUT2D eigenvalue weighted by molar-refractivity contribution is -0.120. The molecular formula is C16H18NO. The van der Waals surface area contributed by atoms with Gasteiger partial charge in [0.15, 0.2) is 0 Å². The molecule has 0 spiro atoms. The fraction of sp³-hybridized carbons (Fsp3) is 0.250. The molecule has 0 heterocycles. The van der Waals surface area contributed by atoms with Crippen LogP contribution in [-0.2, 0) is 11.2 Å². The van der Waals surface area contributed by atoms with Crippen LogP contribution in [0.4, 0.5) is 0 Å². The summed E-state index contributed by atoms with van der Waals surface area (Å²) in [5, 5.41) is 5.26. The van der Waals surface area contributed by atoms with Gasteiger partial charge in [-0.1, -0.05) is 55.8 Å². The average molecular weight is 240 g/mol. The van der Waals surface area contributed by atoms with Crippen LogP contribution in [-0.4, -0.2) is 12.5 Å². The number of hydrogen-bond acceptors (Lipinski definition) is 1. The topological polar surface area (TPSA) is 29.1 Å². The Kier molecular flexibility index (Phi) is 4.35. The summed E-state index contributed by atoms with van der Waals surface area (Å²) in [4.78, 5) is 11.8. The van der Waals surface area contributed by atoms with Gasteiger partial charge >= 0.3 is 0 Å². The summed E-state index contributed by atoms with van der Waals surface area (Å²) >= 11 is 0. The molecule has 1 amide bonds. The number of rotatable bonds is 5. The van der Waals surface area contributed by atoms with E-state index in [4.69, 9.17) is 0 Å². The highest BCUT2D eigenvalue weighted by molar-refractivity contribution is 5.90. The Morgan fingerprint density at radius 1 is 1.11 bits per heavy atom. The van der Waals surface area contributed by atoms with E-state index in [1.165, 1.54) is 5.39 Å². The first-order valence-corrected chi connectivity index (χ1v) is 6.34. The van der Waals surface area contributed by atoms with Gasteiger partial charge in [0, 0.05) is 6.54 Å². The molecule has 2 nitrogen and oxygen atoms in total. The summed E-state index contributed by atoms with van der Waals surface area (Å²) in [6.45, 7) is 4.47. The van der Waals surface area contributed by atoms with E-state index in [1.54, 1.807) is 0 Å². The third-order valence-electron chi connectivity index (χ3n) is 2.98. The molecule has 0 bridgehead atoms. The molecule has 0 aliphatic rings. The molecule has 1 N–H and O–H groups in total. The molecule has 93 valence electrons. The van der Waals surface area contributed by atoms with Crippen molar-refractivity contribution >= 4 is 16.7 Å². The van der Waals surface area contributed by atoms with E-state index in [-0.39, 0.29) is 5.91 Å². The zero-order valence-corrected chi connectivity index (χ0v) is 10.5. The highest BCUT2D eigenvalue weighted by Gasteiger charge is 2.05. The molecule has 0 aromatic heterocycles. The van der Waals surface area contributed by atoms with Crippen LogP contribution in [0.2, 0.25) is 0 Å². The summed E-state index contributed by atoms with van der Waals surface area (Å²) in [5.41, 5.74) is 1.08. The van der Waals surface area contributed by atoms with Crippen molar-refractivity contribution in [3.8, 4) is 0 Å². The van der Waals surface area contributed by atoms with Crippen LogP contribution in [0.15, 0.2) is 42.5 Å². The second kappa shape index (κ2) is 6.20. The molecule has 0 aliphatic carbocycles. The van der Waals surface area contributed by atoms with Crippen molar-refractivity contribution in [3.05, 3.63) is 55.0 Å². The Balaban J connectivity index is 2.09. The minimum atomic E-state index is 0.0832. The molecule has 0 aliphatic heterocycles. The Morgan fingerprint density at radius 2 is 1.89 bits per heavy atom. The van der Waals surface area contributed by atoms with Gasteiger partial charge < -0.3 is 5.32 Å². The summed E-state index contributed by atoms with van der Waals surface area (Å²) < 4.78 is 0. The third-order valence-corrected chi connectivity index (χ3v) is 2.98. The van der Waals surface area contributed by atoms with Gasteiger partial charge in [0.2, 0.25) is 5.91 Å². The molecule has 18 heavy (non-hydrogen) atoms. The van der Waals surface area contributed by atoms with Crippen LogP contribution >= 0.6 is 0 Å². The van der Waals surface area contributed by atoms with Crippen LogP contribution in [0.1, 0.15) is 18.4 Å². The first kappa shape index (κ1) is 12.6. The lowest BCUT2D eigenvalue weighted by Gasteiger charge is -2.07. The van der Waals surface area contributed by atoms with E-state index in [9.17, 15) is 4.79 Å². The van der Waals surface area contributed by atoms with Crippen molar-refractivity contribution in [2.75, 3.05) is 6.54 Å². The van der Waals surface area contributed by atoms with E-state index in [0.29, 0.717) is 13.0 Å². The Bertz CT molecular complexity index is 528. The van der Waals surface area contributed by atoms with Gasteiger partial charge in [-0.15, -0.1) is 0 Å². The van der Waals surface area contributed by atoms with E-state index < -0.39 is 0 Å². The fourth-order valence-corrected chi connectivity index (χ4v) is 2.03. The Hall–Kier alpha value is -1.83. The predicted molar refractivity (Wildman–Crippen MR) is 75.3 cm³/mol. The number of carbonyl (C=O) groups excluding carboxylic acids is 1. The molecule has 2 rings (SSSR count). The zero-order valence-electron chi connectivity index (χ0n) is 10.5. The Labute approximate surface area is 108 Å². The van der Waals surface area contributed by atoms with Gasteiger partial charge in [-0.3, -0.25) is 4.79 Å². The minimum Gasteiger partial charge on any atom is -0.356 e. The van der Waals surface area contributed by atoms with Gasteiger partial charge in [0.25, 0.3) is 0 Å². The molecule has 0 unspecified atom stereocenters.